The number of allylic oxidation sites excluding steroid dienone is 1. The molecule has 3 aliphatic carbocycles. The number of carbonyl (C=O) groups excluding carboxylic acids is 4. The zero-order valence-electron chi connectivity index (χ0n) is 24.0. The van der Waals surface area contributed by atoms with Crippen LogP contribution in [0.1, 0.15) is 27.9 Å². The van der Waals surface area contributed by atoms with Crippen molar-refractivity contribution in [3.8, 4) is 5.75 Å². The van der Waals surface area contributed by atoms with E-state index in [0.29, 0.717) is 11.3 Å². The number of hydrogen-bond donors (Lipinski definition) is 6. The Balaban J connectivity index is 1.88. The second kappa shape index (κ2) is 10.5. The number of carbonyl (C=O) groups is 4. The first kappa shape index (κ1) is 30.0. The van der Waals surface area contributed by atoms with Crippen LogP contribution in [-0.4, -0.2) is 114 Å². The Bertz CT molecular complexity index is 1410. The molecule has 0 saturated carbocycles. The molecule has 4 atom stereocenters. The van der Waals surface area contributed by atoms with Crippen molar-refractivity contribution in [2.75, 3.05) is 53.7 Å². The van der Waals surface area contributed by atoms with E-state index >= 15 is 0 Å². The second-order valence-corrected chi connectivity index (χ2v) is 11.6. The minimum atomic E-state index is -2.71. The Labute approximate surface area is 237 Å². The lowest BCUT2D eigenvalue weighted by atomic mass is 9.58. The van der Waals surface area contributed by atoms with E-state index in [1.54, 1.807) is 58.2 Å². The van der Waals surface area contributed by atoms with Crippen molar-refractivity contribution < 1.29 is 39.6 Å². The third-order valence-electron chi connectivity index (χ3n) is 8.20. The first-order valence-corrected chi connectivity index (χ1v) is 13.1. The molecule has 1 unspecified atom stereocenters. The number of likely N-dealkylation sites (N-methyl/N-ethyl adjacent to an activating group) is 2. The predicted octanol–water partition coefficient (Wildman–Crippen LogP) is -0.636. The molecule has 0 radical (unpaired) electrons. The summed E-state index contributed by atoms with van der Waals surface area (Å²) >= 11 is 0. The third kappa shape index (κ3) is 4.63. The number of aliphatic hydroxyl groups is 3. The van der Waals surface area contributed by atoms with Gasteiger partial charge in [0.15, 0.2) is 11.4 Å². The highest BCUT2D eigenvalue weighted by Crippen LogP contribution is 2.53. The van der Waals surface area contributed by atoms with Crippen LogP contribution in [0.4, 0.5) is 5.69 Å². The summed E-state index contributed by atoms with van der Waals surface area (Å²) in [6.45, 7) is 0.0437. The molecule has 7 N–H and O–H groups in total. The quantitative estimate of drug-likeness (QED) is 0.228. The molecule has 4 rings (SSSR count). The van der Waals surface area contributed by atoms with E-state index in [2.05, 4.69) is 5.32 Å². The van der Waals surface area contributed by atoms with Crippen LogP contribution in [0.15, 0.2) is 28.7 Å². The molecule has 222 valence electrons. The van der Waals surface area contributed by atoms with Gasteiger partial charge < -0.3 is 41.3 Å². The van der Waals surface area contributed by atoms with E-state index in [-0.39, 0.29) is 54.3 Å². The topological polar surface area (TPSA) is 197 Å². The maximum absolute atomic E-state index is 14.0. The molecule has 0 heterocycles. The van der Waals surface area contributed by atoms with E-state index < -0.39 is 58.0 Å². The largest absolute Gasteiger partial charge is 0.510 e. The third-order valence-corrected chi connectivity index (χ3v) is 8.20. The molecule has 0 spiro atoms. The fraction of sp³-hybridized carbons (Fsp3) is 0.500. The minimum Gasteiger partial charge on any atom is -0.510 e. The van der Waals surface area contributed by atoms with Gasteiger partial charge in [0.05, 0.1) is 18.2 Å². The highest BCUT2D eigenvalue weighted by molar-refractivity contribution is 6.25. The van der Waals surface area contributed by atoms with Crippen molar-refractivity contribution in [2.45, 2.75) is 31.0 Å². The number of phenolic OH excluding ortho intramolecular Hbond substituents is 1. The average molecular weight is 572 g/mol. The van der Waals surface area contributed by atoms with Gasteiger partial charge in [0.2, 0.25) is 11.7 Å². The molecule has 13 nitrogen and oxygen atoms in total. The maximum atomic E-state index is 14.0. The molecule has 1 aromatic carbocycles. The number of aliphatic hydroxyl groups excluding tert-OH is 2. The SMILES string of the molecule is CN(C)CC(=O)NCc1cc(N(C)C)c2c(c1O)C(=O)C1=C(O)[C@]3(O)C(=O)C(C(N)=O)=C(O)C(N(C)C)[C@@H]3C[C@@H]1C2. The number of phenols is 1. The second-order valence-electron chi connectivity index (χ2n) is 11.6. The van der Waals surface area contributed by atoms with Crippen LogP contribution in [0.25, 0.3) is 0 Å². The summed E-state index contributed by atoms with van der Waals surface area (Å²) in [4.78, 5) is 56.8. The van der Waals surface area contributed by atoms with Crippen LogP contribution in [0.2, 0.25) is 0 Å². The van der Waals surface area contributed by atoms with Crippen LogP contribution < -0.4 is 16.0 Å². The van der Waals surface area contributed by atoms with Crippen molar-refractivity contribution in [3.63, 3.8) is 0 Å². The van der Waals surface area contributed by atoms with Crippen molar-refractivity contribution in [1.29, 1.82) is 0 Å². The molecule has 0 fully saturated rings. The van der Waals surface area contributed by atoms with Gasteiger partial charge in [0.25, 0.3) is 5.91 Å². The average Bonchev–Trinajstić information content (AvgIpc) is 2.84. The summed E-state index contributed by atoms with van der Waals surface area (Å²) in [6, 6.07) is 0.626. The van der Waals surface area contributed by atoms with Gasteiger partial charge >= 0.3 is 0 Å². The van der Waals surface area contributed by atoms with Gasteiger partial charge in [0, 0.05) is 43.4 Å². The zero-order valence-corrected chi connectivity index (χ0v) is 24.0. The van der Waals surface area contributed by atoms with Crippen LogP contribution >= 0.6 is 0 Å². The predicted molar refractivity (Wildman–Crippen MR) is 148 cm³/mol. The maximum Gasteiger partial charge on any atom is 0.255 e. The van der Waals surface area contributed by atoms with Crippen LogP contribution in [0.5, 0.6) is 5.75 Å². The number of benzene rings is 1. The number of hydrogen-bond acceptors (Lipinski definition) is 11. The molecule has 0 aliphatic heterocycles. The summed E-state index contributed by atoms with van der Waals surface area (Å²) in [5.41, 5.74) is 2.87. The van der Waals surface area contributed by atoms with Gasteiger partial charge in [-0.25, -0.2) is 0 Å². The fourth-order valence-corrected chi connectivity index (χ4v) is 6.42. The fourth-order valence-electron chi connectivity index (χ4n) is 6.42. The zero-order chi connectivity index (χ0) is 30.7. The molecule has 13 heteroatoms. The lowest BCUT2D eigenvalue weighted by Gasteiger charge is -2.50. The molecule has 0 aromatic heterocycles. The Morgan fingerprint density at radius 1 is 1.10 bits per heavy atom. The van der Waals surface area contributed by atoms with Gasteiger partial charge in [0.1, 0.15) is 22.8 Å². The van der Waals surface area contributed by atoms with Gasteiger partial charge in [-0.3, -0.25) is 24.1 Å². The number of fused-ring (bicyclic) bond motifs is 3. The van der Waals surface area contributed by atoms with Crippen LogP contribution in [-0.2, 0) is 27.3 Å². The summed E-state index contributed by atoms with van der Waals surface area (Å²) in [5.74, 6) is -7.34. The molecule has 0 bridgehead atoms. The molecule has 1 aromatic rings. The Morgan fingerprint density at radius 3 is 2.27 bits per heavy atom. The highest BCUT2D eigenvalue weighted by atomic mass is 16.3. The number of ketones is 2. The van der Waals surface area contributed by atoms with E-state index in [1.165, 1.54) is 4.90 Å². The summed E-state index contributed by atoms with van der Waals surface area (Å²) in [6.07, 6.45) is 0.171. The van der Waals surface area contributed by atoms with Gasteiger partial charge in [-0.1, -0.05) is 0 Å². The molecular weight excluding hydrogens is 534 g/mol. The molecule has 0 saturated heterocycles. The van der Waals surface area contributed by atoms with Gasteiger partial charge in [-0.2, -0.15) is 0 Å². The Morgan fingerprint density at radius 2 is 1.73 bits per heavy atom. The molecular formula is C28H37N5O8. The van der Waals surface area contributed by atoms with Crippen molar-refractivity contribution in [2.24, 2.45) is 17.6 Å². The minimum absolute atomic E-state index is 0.00172. The van der Waals surface area contributed by atoms with Crippen molar-refractivity contribution in [1.82, 2.24) is 15.1 Å². The number of primary amides is 1. The number of amides is 2. The van der Waals surface area contributed by atoms with Crippen molar-refractivity contribution >= 4 is 29.1 Å². The normalized spacial score (nSPS) is 25.7. The Hall–Kier alpha value is -3.94. The van der Waals surface area contributed by atoms with E-state index in [4.69, 9.17) is 5.73 Å². The summed E-state index contributed by atoms with van der Waals surface area (Å²) in [5, 5.41) is 48.1. The first-order valence-electron chi connectivity index (χ1n) is 13.1. The standard InChI is InChI=1S/C28H37N5O8/c1-31(2)11-17(34)30-10-13-9-16(32(3)4)14-7-12-8-15-21(33(5)6)24(37)20(27(29)40)26(39)28(15,41)25(38)18(12)23(36)19(14)22(13)35/h9,12,15,21,35,37-38,41H,7-8,10-11H2,1-6H3,(H2,29,40)(H,30,34)/t12-,15-,21?,28-/m0/s1. The number of anilines is 1. The van der Waals surface area contributed by atoms with E-state index in [0.717, 1.165) is 0 Å². The number of nitrogens with one attached hydrogen (secondary N) is 1. The van der Waals surface area contributed by atoms with Crippen molar-refractivity contribution in [3.05, 3.63) is 45.4 Å². The number of nitrogens with two attached hydrogens (primary N) is 1. The molecule has 3 aliphatic rings. The lowest BCUT2D eigenvalue weighted by Crippen LogP contribution is -2.63. The van der Waals surface area contributed by atoms with Gasteiger partial charge in [-0.05, 0) is 58.6 Å². The monoisotopic (exact) mass is 571 g/mol. The van der Waals surface area contributed by atoms with Gasteiger partial charge in [-0.15, -0.1) is 0 Å². The number of aromatic hydroxyl groups is 1. The summed E-state index contributed by atoms with van der Waals surface area (Å²) < 4.78 is 0. The summed E-state index contributed by atoms with van der Waals surface area (Å²) in [7, 11) is 10.2. The highest BCUT2D eigenvalue weighted by Gasteiger charge is 2.63. The molecule has 41 heavy (non-hydrogen) atoms. The number of nitrogens with zero attached hydrogens (tertiary/aromatic N) is 3. The first-order chi connectivity index (χ1) is 19.0. The number of rotatable bonds is 7. The van der Waals surface area contributed by atoms with E-state index in [9.17, 15) is 39.6 Å². The lowest BCUT2D eigenvalue weighted by molar-refractivity contribution is -0.148. The Kier molecular flexibility index (Phi) is 7.67. The molecule has 2 amide bonds. The smallest absolute Gasteiger partial charge is 0.255 e. The van der Waals surface area contributed by atoms with E-state index in [1.807, 2.05) is 0 Å². The van der Waals surface area contributed by atoms with Crippen LogP contribution in [0.3, 0.4) is 0 Å². The van der Waals surface area contributed by atoms with Crippen LogP contribution in [0, 0.1) is 11.8 Å². The number of Topliss-reactive ketones (excluding diaryl/α,β-unsaturated/α-hetero) is 2.